The van der Waals surface area contributed by atoms with E-state index >= 15 is 0 Å². The summed E-state index contributed by atoms with van der Waals surface area (Å²) < 4.78 is 0. The van der Waals surface area contributed by atoms with Crippen LogP contribution in [-0.2, 0) is 9.59 Å². The molecule has 1 saturated heterocycles. The predicted octanol–water partition coefficient (Wildman–Crippen LogP) is 6.28. The van der Waals surface area contributed by atoms with Crippen molar-refractivity contribution >= 4 is 29.1 Å². The zero-order valence-electron chi connectivity index (χ0n) is 18.0. The smallest absolute Gasteiger partial charge is 0.241 e. The van der Waals surface area contributed by atoms with Crippen LogP contribution in [0.1, 0.15) is 35.4 Å². The van der Waals surface area contributed by atoms with Crippen molar-refractivity contribution in [2.24, 2.45) is 11.3 Å². The van der Waals surface area contributed by atoms with E-state index in [1.807, 2.05) is 74.5 Å². The largest absolute Gasteiger partial charge is 0.274 e. The van der Waals surface area contributed by atoms with Gasteiger partial charge in [0.25, 0.3) is 0 Å². The van der Waals surface area contributed by atoms with Crippen molar-refractivity contribution < 1.29 is 9.59 Å². The number of fused-ring (bicyclic) bond motifs is 1. The first kappa shape index (κ1) is 20.7. The van der Waals surface area contributed by atoms with Crippen LogP contribution >= 0.6 is 11.6 Å². The number of imide groups is 1. The molecule has 1 aliphatic heterocycles. The van der Waals surface area contributed by atoms with Crippen molar-refractivity contribution in [2.45, 2.75) is 25.7 Å². The Kier molecular flexibility index (Phi) is 5.02. The average Bonchev–Trinajstić information content (AvgIpc) is 3.02. The molecule has 0 aromatic heterocycles. The first-order valence-corrected chi connectivity index (χ1v) is 11.2. The van der Waals surface area contributed by atoms with E-state index in [1.54, 1.807) is 18.2 Å². The second-order valence-corrected chi connectivity index (χ2v) is 9.24. The van der Waals surface area contributed by atoms with Crippen LogP contribution < -0.4 is 4.90 Å². The van der Waals surface area contributed by atoms with E-state index in [9.17, 15) is 9.59 Å². The first-order chi connectivity index (χ1) is 15.4. The first-order valence-electron chi connectivity index (χ1n) is 10.9. The molecule has 4 atom stereocenters. The fourth-order valence-electron chi connectivity index (χ4n) is 5.43. The second-order valence-electron chi connectivity index (χ2n) is 8.83. The van der Waals surface area contributed by atoms with Crippen LogP contribution in [0.25, 0.3) is 0 Å². The molecule has 0 unspecified atom stereocenters. The molecular weight excluding hydrogens is 418 g/mol. The lowest BCUT2D eigenvalue weighted by molar-refractivity contribution is -0.127. The summed E-state index contributed by atoms with van der Waals surface area (Å²) in [5.41, 5.74) is 2.47. The van der Waals surface area contributed by atoms with Crippen molar-refractivity contribution in [3.05, 3.63) is 113 Å². The fraction of sp³-hybridized carbons (Fsp3) is 0.214. The number of hydrogen-bond donors (Lipinski definition) is 0. The maximum absolute atomic E-state index is 14.1. The summed E-state index contributed by atoms with van der Waals surface area (Å²) in [5.74, 6) is -1.22. The van der Waals surface area contributed by atoms with Gasteiger partial charge >= 0.3 is 0 Å². The van der Waals surface area contributed by atoms with Gasteiger partial charge in [-0.1, -0.05) is 90.5 Å². The number of hydrogen-bond acceptors (Lipinski definition) is 2. The summed E-state index contributed by atoms with van der Waals surface area (Å²) in [6.07, 6.45) is 4.22. The van der Waals surface area contributed by atoms with E-state index in [1.165, 1.54) is 4.90 Å². The maximum Gasteiger partial charge on any atom is 0.241 e. The number of benzene rings is 3. The Labute approximate surface area is 193 Å². The number of halogens is 1. The van der Waals surface area contributed by atoms with E-state index in [0.29, 0.717) is 10.7 Å². The molecule has 3 aromatic rings. The Morgan fingerprint density at radius 2 is 1.44 bits per heavy atom. The van der Waals surface area contributed by atoms with Gasteiger partial charge < -0.3 is 0 Å². The van der Waals surface area contributed by atoms with Crippen LogP contribution in [0.15, 0.2) is 91.0 Å². The fourth-order valence-corrected chi connectivity index (χ4v) is 5.60. The molecule has 1 heterocycles. The van der Waals surface area contributed by atoms with Gasteiger partial charge in [0.05, 0.1) is 17.0 Å². The molecule has 0 N–H and O–H groups in total. The van der Waals surface area contributed by atoms with Gasteiger partial charge in [0, 0.05) is 16.9 Å². The van der Waals surface area contributed by atoms with Crippen molar-refractivity contribution in [2.75, 3.05) is 4.90 Å². The Balaban J connectivity index is 1.71. The van der Waals surface area contributed by atoms with Crippen molar-refractivity contribution in [1.82, 2.24) is 0 Å². The topological polar surface area (TPSA) is 37.4 Å². The zero-order valence-corrected chi connectivity index (χ0v) is 18.8. The van der Waals surface area contributed by atoms with E-state index in [2.05, 4.69) is 12.2 Å². The average molecular weight is 442 g/mol. The number of nitrogens with zero attached hydrogens (tertiary/aromatic N) is 1. The van der Waals surface area contributed by atoms with Crippen molar-refractivity contribution in [1.29, 1.82) is 0 Å². The lowest BCUT2D eigenvalue weighted by Gasteiger charge is -2.41. The van der Waals surface area contributed by atoms with E-state index < -0.39 is 11.3 Å². The molecule has 3 aromatic carbocycles. The zero-order chi connectivity index (χ0) is 22.5. The Morgan fingerprint density at radius 3 is 2.09 bits per heavy atom. The van der Waals surface area contributed by atoms with Gasteiger partial charge in [0.2, 0.25) is 11.8 Å². The van der Waals surface area contributed by atoms with Gasteiger partial charge in [-0.2, -0.15) is 0 Å². The molecule has 0 saturated carbocycles. The van der Waals surface area contributed by atoms with Gasteiger partial charge in [0.15, 0.2) is 0 Å². The Bertz CT molecular complexity index is 1220. The molecule has 4 heteroatoms. The third kappa shape index (κ3) is 2.96. The van der Waals surface area contributed by atoms with Crippen LogP contribution in [0, 0.1) is 18.3 Å². The minimum absolute atomic E-state index is 0.165. The second kappa shape index (κ2) is 7.75. The van der Waals surface area contributed by atoms with Crippen LogP contribution in [0.5, 0.6) is 0 Å². The number of carbonyl (C=O) groups excluding carboxylic acids is 2. The van der Waals surface area contributed by atoms with E-state index in [4.69, 9.17) is 11.6 Å². The van der Waals surface area contributed by atoms with Crippen LogP contribution in [0.4, 0.5) is 5.69 Å². The van der Waals surface area contributed by atoms with Crippen LogP contribution in [-0.4, -0.2) is 11.8 Å². The Hall–Kier alpha value is -3.17. The van der Waals surface area contributed by atoms with Gasteiger partial charge in [-0.25, -0.2) is 4.90 Å². The number of carbonyl (C=O) groups is 2. The third-order valence-electron chi connectivity index (χ3n) is 7.14. The van der Waals surface area contributed by atoms with Gasteiger partial charge in [-0.05, 0) is 42.7 Å². The molecule has 0 spiro atoms. The highest BCUT2D eigenvalue weighted by Crippen LogP contribution is 2.58. The molecule has 1 aliphatic carbocycles. The Morgan fingerprint density at radius 1 is 0.812 bits per heavy atom. The molecule has 1 fully saturated rings. The summed E-state index contributed by atoms with van der Waals surface area (Å²) in [6, 6.07) is 25.3. The van der Waals surface area contributed by atoms with Gasteiger partial charge in [-0.15, -0.1) is 0 Å². The van der Waals surface area contributed by atoms with Gasteiger partial charge in [0.1, 0.15) is 0 Å². The highest BCUT2D eigenvalue weighted by molar-refractivity contribution is 6.32. The van der Waals surface area contributed by atoms with Gasteiger partial charge in [-0.3, -0.25) is 9.59 Å². The summed E-state index contributed by atoms with van der Waals surface area (Å²) in [4.78, 5) is 29.5. The molecule has 32 heavy (non-hydrogen) atoms. The molecule has 0 bridgehead atoms. The van der Waals surface area contributed by atoms with E-state index in [-0.39, 0.29) is 23.7 Å². The molecule has 160 valence electrons. The molecular formula is C28H24ClNO2. The molecule has 5 rings (SSSR count). The summed E-state index contributed by atoms with van der Waals surface area (Å²) in [7, 11) is 0. The summed E-state index contributed by atoms with van der Waals surface area (Å²) in [6.45, 7) is 3.80. The lowest BCUT2D eigenvalue weighted by atomic mass is 9.58. The molecule has 0 radical (unpaired) electrons. The third-order valence-corrected chi connectivity index (χ3v) is 7.55. The lowest BCUT2D eigenvalue weighted by Crippen LogP contribution is -2.42. The molecule has 2 amide bonds. The number of anilines is 1. The molecule has 2 aliphatic rings. The van der Waals surface area contributed by atoms with Crippen molar-refractivity contribution in [3.63, 3.8) is 0 Å². The normalized spacial score (nSPS) is 27.0. The number of allylic oxidation sites excluding steroid dienone is 2. The maximum atomic E-state index is 14.1. The molecule has 3 nitrogen and oxygen atoms in total. The highest BCUT2D eigenvalue weighted by atomic mass is 35.5. The predicted molar refractivity (Wildman–Crippen MR) is 128 cm³/mol. The summed E-state index contributed by atoms with van der Waals surface area (Å²) >= 11 is 6.36. The van der Waals surface area contributed by atoms with Crippen molar-refractivity contribution in [3.8, 4) is 0 Å². The minimum atomic E-state index is -0.914. The standard InChI is InChI=1S/C28H24ClNO2/c1-18-23(29)14-9-15-24(18)30-26(31)25-21(19-10-5-3-6-11-19)16-17-22(28(25,2)27(30)32)20-12-7-4-8-13-20/h3-17,21-22,25H,1-2H3/t21-,22+,25-,28-/m0/s1. The minimum Gasteiger partial charge on any atom is -0.274 e. The van der Waals surface area contributed by atoms with Crippen LogP contribution in [0.3, 0.4) is 0 Å². The SMILES string of the molecule is Cc1c(Cl)cccc1N1C(=O)[C@@H]2[C@H](c3ccccc3)C=C[C@H](c3ccccc3)[C@]2(C)C1=O. The van der Waals surface area contributed by atoms with E-state index in [0.717, 1.165) is 16.7 Å². The highest BCUT2D eigenvalue weighted by Gasteiger charge is 2.63. The quantitative estimate of drug-likeness (QED) is 0.354. The summed E-state index contributed by atoms with van der Waals surface area (Å²) in [5, 5.41) is 0.542. The number of amides is 2. The van der Waals surface area contributed by atoms with Crippen LogP contribution in [0.2, 0.25) is 5.02 Å². The monoisotopic (exact) mass is 441 g/mol. The number of rotatable bonds is 3.